The van der Waals surface area contributed by atoms with E-state index < -0.39 is 0 Å². The molecule has 1 saturated carbocycles. The van der Waals surface area contributed by atoms with Crippen LogP contribution in [0, 0.1) is 13.8 Å². The van der Waals surface area contributed by atoms with Crippen LogP contribution in [0.15, 0.2) is 29.6 Å². The Bertz CT molecular complexity index is 552. The lowest BCUT2D eigenvalue weighted by molar-refractivity contribution is 0.687. The zero-order chi connectivity index (χ0) is 12.5. The molecule has 0 unspecified atom stereocenters. The minimum absolute atomic E-state index is 0.782. The highest BCUT2D eigenvalue weighted by molar-refractivity contribution is 7.10. The molecule has 1 aliphatic rings. The van der Waals surface area contributed by atoms with Crippen molar-refractivity contribution in [1.82, 2.24) is 5.32 Å². The van der Waals surface area contributed by atoms with Crippen LogP contribution in [0.25, 0.3) is 11.1 Å². The SMILES string of the molecule is Cc1cc(-c2ccc(CNC3CC3)cc2C)cs1. The lowest BCUT2D eigenvalue weighted by Gasteiger charge is -2.08. The molecule has 1 aromatic carbocycles. The molecule has 2 aromatic rings. The standard InChI is InChI=1S/C16H19NS/c1-11-7-13(9-17-15-4-5-15)3-6-16(11)14-8-12(2)18-10-14/h3,6-8,10,15,17H,4-5,9H2,1-2H3. The quantitative estimate of drug-likeness (QED) is 0.862. The second-order valence-corrected chi connectivity index (χ2v) is 6.37. The number of aryl methyl sites for hydroxylation is 2. The topological polar surface area (TPSA) is 12.0 Å². The van der Waals surface area contributed by atoms with Crippen molar-refractivity contribution in [1.29, 1.82) is 0 Å². The molecule has 1 heterocycles. The average molecular weight is 257 g/mol. The van der Waals surface area contributed by atoms with Crippen molar-refractivity contribution >= 4 is 11.3 Å². The number of hydrogen-bond acceptors (Lipinski definition) is 2. The van der Waals surface area contributed by atoms with Gasteiger partial charge in [0, 0.05) is 17.5 Å². The first-order valence-corrected chi connectivity index (χ1v) is 7.49. The first-order valence-electron chi connectivity index (χ1n) is 6.61. The van der Waals surface area contributed by atoms with E-state index in [2.05, 4.69) is 48.8 Å². The summed E-state index contributed by atoms with van der Waals surface area (Å²) in [6.07, 6.45) is 2.70. The van der Waals surface area contributed by atoms with E-state index in [1.807, 2.05) is 11.3 Å². The normalized spacial score (nSPS) is 15.0. The van der Waals surface area contributed by atoms with Crippen molar-refractivity contribution in [2.75, 3.05) is 0 Å². The maximum atomic E-state index is 3.57. The van der Waals surface area contributed by atoms with Gasteiger partial charge in [0.05, 0.1) is 0 Å². The van der Waals surface area contributed by atoms with Gasteiger partial charge in [-0.1, -0.05) is 18.2 Å². The van der Waals surface area contributed by atoms with Crippen molar-refractivity contribution in [3.05, 3.63) is 45.6 Å². The fraction of sp³-hybridized carbons (Fsp3) is 0.375. The van der Waals surface area contributed by atoms with E-state index >= 15 is 0 Å². The molecule has 94 valence electrons. The molecule has 2 heteroatoms. The molecule has 1 nitrogen and oxygen atoms in total. The van der Waals surface area contributed by atoms with E-state index in [0.717, 1.165) is 12.6 Å². The highest BCUT2D eigenvalue weighted by Crippen LogP contribution is 2.28. The Morgan fingerprint density at radius 3 is 2.67 bits per heavy atom. The molecule has 1 aromatic heterocycles. The molecular weight excluding hydrogens is 238 g/mol. The van der Waals surface area contributed by atoms with Gasteiger partial charge < -0.3 is 5.32 Å². The molecule has 1 N–H and O–H groups in total. The van der Waals surface area contributed by atoms with E-state index in [4.69, 9.17) is 0 Å². The summed E-state index contributed by atoms with van der Waals surface area (Å²) < 4.78 is 0. The predicted octanol–water partition coefficient (Wildman–Crippen LogP) is 4.28. The van der Waals surface area contributed by atoms with Crippen molar-refractivity contribution in [2.24, 2.45) is 0 Å². The fourth-order valence-electron chi connectivity index (χ4n) is 2.29. The van der Waals surface area contributed by atoms with Crippen LogP contribution in [0.4, 0.5) is 0 Å². The molecule has 0 amide bonds. The summed E-state index contributed by atoms with van der Waals surface area (Å²) >= 11 is 1.82. The lowest BCUT2D eigenvalue weighted by Crippen LogP contribution is -2.15. The van der Waals surface area contributed by atoms with Crippen LogP contribution in [-0.2, 0) is 6.54 Å². The van der Waals surface area contributed by atoms with Crippen LogP contribution in [0.5, 0.6) is 0 Å². The largest absolute Gasteiger partial charge is 0.310 e. The maximum Gasteiger partial charge on any atom is 0.0208 e. The van der Waals surface area contributed by atoms with Crippen LogP contribution in [0.2, 0.25) is 0 Å². The molecule has 0 spiro atoms. The Balaban J connectivity index is 1.79. The Morgan fingerprint density at radius 1 is 1.22 bits per heavy atom. The average Bonchev–Trinajstić information content (AvgIpc) is 3.09. The lowest BCUT2D eigenvalue weighted by atomic mass is 10.0. The van der Waals surface area contributed by atoms with Gasteiger partial charge >= 0.3 is 0 Å². The van der Waals surface area contributed by atoms with E-state index in [1.165, 1.54) is 40.0 Å². The molecule has 0 saturated heterocycles. The molecule has 1 aliphatic carbocycles. The third-order valence-corrected chi connectivity index (χ3v) is 4.37. The predicted molar refractivity (Wildman–Crippen MR) is 79.1 cm³/mol. The summed E-state index contributed by atoms with van der Waals surface area (Å²) in [4.78, 5) is 1.38. The van der Waals surface area contributed by atoms with Gasteiger partial charge in [-0.05, 0) is 60.4 Å². The van der Waals surface area contributed by atoms with Gasteiger partial charge in [0.25, 0.3) is 0 Å². The zero-order valence-electron chi connectivity index (χ0n) is 11.0. The smallest absolute Gasteiger partial charge is 0.0208 e. The minimum atomic E-state index is 0.782. The molecule has 0 atom stereocenters. The summed E-state index contributed by atoms with van der Waals surface area (Å²) in [6, 6.07) is 9.89. The second kappa shape index (κ2) is 4.87. The molecule has 0 aliphatic heterocycles. The summed E-state index contributed by atoms with van der Waals surface area (Å²) in [5.41, 5.74) is 5.50. The van der Waals surface area contributed by atoms with Gasteiger partial charge in [-0.15, -0.1) is 11.3 Å². The van der Waals surface area contributed by atoms with Gasteiger partial charge in [0.15, 0.2) is 0 Å². The number of nitrogens with one attached hydrogen (secondary N) is 1. The third-order valence-electron chi connectivity index (χ3n) is 3.50. The molecule has 18 heavy (non-hydrogen) atoms. The second-order valence-electron chi connectivity index (χ2n) is 5.25. The Hall–Kier alpha value is -1.12. The Kier molecular flexibility index (Phi) is 3.23. The van der Waals surface area contributed by atoms with Gasteiger partial charge in [0.2, 0.25) is 0 Å². The minimum Gasteiger partial charge on any atom is -0.310 e. The highest BCUT2D eigenvalue weighted by Gasteiger charge is 2.19. The van der Waals surface area contributed by atoms with Crippen molar-refractivity contribution in [3.63, 3.8) is 0 Å². The van der Waals surface area contributed by atoms with Crippen LogP contribution in [0.3, 0.4) is 0 Å². The van der Waals surface area contributed by atoms with Crippen LogP contribution in [0.1, 0.15) is 28.8 Å². The number of rotatable bonds is 4. The van der Waals surface area contributed by atoms with Crippen molar-refractivity contribution in [3.8, 4) is 11.1 Å². The molecule has 3 rings (SSSR count). The van der Waals surface area contributed by atoms with Gasteiger partial charge in [-0.25, -0.2) is 0 Å². The van der Waals surface area contributed by atoms with Gasteiger partial charge in [0.1, 0.15) is 0 Å². The van der Waals surface area contributed by atoms with Crippen LogP contribution in [-0.4, -0.2) is 6.04 Å². The van der Waals surface area contributed by atoms with Gasteiger partial charge in [-0.3, -0.25) is 0 Å². The number of hydrogen-bond donors (Lipinski definition) is 1. The van der Waals surface area contributed by atoms with E-state index in [9.17, 15) is 0 Å². The zero-order valence-corrected chi connectivity index (χ0v) is 11.8. The Labute approximate surface area is 113 Å². The summed E-state index contributed by atoms with van der Waals surface area (Å²) in [5, 5.41) is 5.82. The van der Waals surface area contributed by atoms with Gasteiger partial charge in [-0.2, -0.15) is 0 Å². The fourth-order valence-corrected chi connectivity index (χ4v) is 3.00. The van der Waals surface area contributed by atoms with E-state index in [0.29, 0.717) is 0 Å². The third kappa shape index (κ3) is 2.65. The highest BCUT2D eigenvalue weighted by atomic mass is 32.1. The summed E-state index contributed by atoms with van der Waals surface area (Å²) in [7, 11) is 0. The Morgan fingerprint density at radius 2 is 2.06 bits per heavy atom. The molecule has 0 bridgehead atoms. The first kappa shape index (κ1) is 11.9. The maximum absolute atomic E-state index is 3.57. The van der Waals surface area contributed by atoms with E-state index in [-0.39, 0.29) is 0 Å². The summed E-state index contributed by atoms with van der Waals surface area (Å²) in [6.45, 7) is 5.38. The van der Waals surface area contributed by atoms with E-state index in [1.54, 1.807) is 0 Å². The molecule has 0 radical (unpaired) electrons. The molecular formula is C16H19NS. The number of benzene rings is 1. The van der Waals surface area contributed by atoms with Crippen LogP contribution >= 0.6 is 11.3 Å². The molecule has 1 fully saturated rings. The van der Waals surface area contributed by atoms with Crippen molar-refractivity contribution < 1.29 is 0 Å². The number of thiophene rings is 1. The monoisotopic (exact) mass is 257 g/mol. The first-order chi connectivity index (χ1) is 8.72. The van der Waals surface area contributed by atoms with Crippen molar-refractivity contribution in [2.45, 2.75) is 39.3 Å². The van der Waals surface area contributed by atoms with Crippen LogP contribution < -0.4 is 5.32 Å². The summed E-state index contributed by atoms with van der Waals surface area (Å²) in [5.74, 6) is 0.